The van der Waals surface area contributed by atoms with Crippen LogP contribution in [0.5, 0.6) is 0 Å². The Labute approximate surface area is 384 Å². The smallest absolute Gasteiger partial charge is 0.410 e. The molecule has 2 atom stereocenters. The van der Waals surface area contributed by atoms with Gasteiger partial charge in [-0.3, -0.25) is 4.79 Å². The average Bonchev–Trinajstić information content (AvgIpc) is 3.68. The van der Waals surface area contributed by atoms with Gasteiger partial charge in [-0.05, 0) is 97.1 Å². The number of Topliss-reactive ketones (excluding diaryl/α,β-unsaturated/α-hetero) is 1. The van der Waals surface area contributed by atoms with E-state index < -0.39 is 24.9 Å². The van der Waals surface area contributed by atoms with Gasteiger partial charge in [-0.1, -0.05) is 58.7 Å². The standard InChI is InChI=1S/C23H32N2O3.C19H23NO3.C4H6F3NO.3CH4.ClH/c1-15(17-9-11-18(12-10-17)24-23(3)13-28-14-23)25-16(2)21(22(26)27-4)19-7-5-6-8-20(19)25;1-12(14-8-10-15(21)11-9-14)20-13(2)18(19(22)23-3)16-6-4-5-7-17(16)20;5-4(6,7)3(8)1-9-2-3;;;;/h5-8,15,17-18,24H,9-14H2,1-4H3;4-7,12,14H,8-11H2,1-3H3;1-2,8H2;3*1H4;1H/t15-,17?,18?;12-;;;;;/m11...../s1. The van der Waals surface area contributed by atoms with Crippen molar-refractivity contribution in [3.05, 3.63) is 71.0 Å². The number of esters is 2. The largest absolute Gasteiger partial charge is 0.465 e. The lowest BCUT2D eigenvalue weighted by atomic mass is 9.81. The predicted molar refractivity (Wildman–Crippen MR) is 252 cm³/mol. The maximum Gasteiger partial charge on any atom is 0.410 e. The first-order chi connectivity index (χ1) is 28.4. The molecule has 8 rings (SSSR count). The second kappa shape index (κ2) is 23.0. The number of ether oxygens (including phenoxy) is 4. The first-order valence-corrected chi connectivity index (χ1v) is 21.1. The van der Waals surface area contributed by atoms with Gasteiger partial charge in [-0.2, -0.15) is 13.2 Å². The summed E-state index contributed by atoms with van der Waals surface area (Å²) in [6, 6.07) is 17.4. The highest BCUT2D eigenvalue weighted by molar-refractivity contribution is 6.06. The molecule has 0 amide bonds. The molecule has 4 aliphatic rings. The van der Waals surface area contributed by atoms with Gasteiger partial charge in [-0.15, -0.1) is 12.4 Å². The maximum atomic E-state index is 12.4. The summed E-state index contributed by atoms with van der Waals surface area (Å²) >= 11 is 0. The first kappa shape index (κ1) is 56.2. The van der Waals surface area contributed by atoms with Crippen LogP contribution in [0, 0.1) is 25.7 Å². The van der Waals surface area contributed by atoms with Crippen LogP contribution >= 0.6 is 12.4 Å². The molecule has 11 nitrogen and oxygen atoms in total. The fourth-order valence-electron chi connectivity index (χ4n) is 9.63. The Morgan fingerprint density at radius 2 is 1.12 bits per heavy atom. The number of fused-ring (bicyclic) bond motifs is 2. The van der Waals surface area contributed by atoms with Crippen molar-refractivity contribution >= 4 is 51.9 Å². The summed E-state index contributed by atoms with van der Waals surface area (Å²) < 4.78 is 59.4. The van der Waals surface area contributed by atoms with Gasteiger partial charge in [0.25, 0.3) is 0 Å². The van der Waals surface area contributed by atoms with Crippen molar-refractivity contribution in [2.24, 2.45) is 17.6 Å². The summed E-state index contributed by atoms with van der Waals surface area (Å²) in [5.41, 5.74) is 8.46. The fraction of sp³-hybridized carbons (Fsp3) is 0.612. The number of hydrogen-bond acceptors (Lipinski definition) is 9. The molecule has 2 aromatic heterocycles. The Bertz CT molecular complexity index is 2160. The number of carbonyl (C=O) groups is 3. The fourth-order valence-corrected chi connectivity index (χ4v) is 9.63. The second-order valence-electron chi connectivity index (χ2n) is 17.5. The predicted octanol–water partition coefficient (Wildman–Crippen LogP) is 10.9. The molecule has 2 saturated heterocycles. The number of nitrogens with zero attached hydrogens (tertiary/aromatic N) is 2. The number of methoxy groups -OCH3 is 2. The van der Waals surface area contributed by atoms with E-state index in [1.807, 2.05) is 50.2 Å². The van der Waals surface area contributed by atoms with Crippen LogP contribution in [0.3, 0.4) is 0 Å². The van der Waals surface area contributed by atoms with E-state index in [0.717, 1.165) is 59.2 Å². The van der Waals surface area contributed by atoms with Crippen LogP contribution in [-0.4, -0.2) is 90.8 Å². The number of halogens is 4. The van der Waals surface area contributed by atoms with Crippen LogP contribution in [0.15, 0.2) is 48.5 Å². The maximum absolute atomic E-state index is 12.4. The zero-order valence-electron chi connectivity index (χ0n) is 36.4. The van der Waals surface area contributed by atoms with E-state index in [-0.39, 0.29) is 58.2 Å². The highest BCUT2D eigenvalue weighted by atomic mass is 35.5. The molecule has 4 heterocycles. The average molecular weight is 924 g/mol. The van der Waals surface area contributed by atoms with Crippen LogP contribution in [0.25, 0.3) is 21.8 Å². The normalized spacial score (nSPS) is 20.9. The molecule has 3 N–H and O–H groups in total. The van der Waals surface area contributed by atoms with E-state index in [9.17, 15) is 27.6 Å². The third-order valence-electron chi connectivity index (χ3n) is 13.3. The van der Waals surface area contributed by atoms with Crippen molar-refractivity contribution in [1.82, 2.24) is 14.5 Å². The SMILES string of the molecule is C.C.C.COC(=O)c1c(C)n([C@H](C)C2CCC(=O)CC2)c2ccccc12.COC(=O)c1c(C)n([C@H](C)C2CCC(NC3(C)COC3)CC2)c2ccccc12.Cl.NC1(C(F)(F)F)COC1. The number of ketones is 1. The Morgan fingerprint density at radius 3 is 1.45 bits per heavy atom. The summed E-state index contributed by atoms with van der Waals surface area (Å²) in [6.07, 6.45) is 3.71. The zero-order valence-corrected chi connectivity index (χ0v) is 37.2. The number of carbonyl (C=O) groups excluding carboxylic acids is 3. The lowest BCUT2D eigenvalue weighted by molar-refractivity contribution is -0.254. The molecule has 4 aromatic rings. The minimum absolute atomic E-state index is 0. The minimum Gasteiger partial charge on any atom is -0.465 e. The highest BCUT2D eigenvalue weighted by Crippen LogP contribution is 2.40. The second-order valence-corrected chi connectivity index (χ2v) is 17.5. The van der Waals surface area contributed by atoms with Gasteiger partial charge in [0.05, 0.1) is 57.3 Å². The van der Waals surface area contributed by atoms with Crippen molar-refractivity contribution < 1.29 is 46.5 Å². The van der Waals surface area contributed by atoms with E-state index in [1.165, 1.54) is 39.9 Å². The zero-order chi connectivity index (χ0) is 43.6. The third-order valence-corrected chi connectivity index (χ3v) is 13.3. The van der Waals surface area contributed by atoms with Crippen LogP contribution in [0.2, 0.25) is 0 Å². The summed E-state index contributed by atoms with van der Waals surface area (Å²) in [5.74, 6) is 0.918. The highest BCUT2D eigenvalue weighted by Gasteiger charge is 2.57. The topological polar surface area (TPSA) is 136 Å². The Balaban J connectivity index is 0.000000354. The van der Waals surface area contributed by atoms with Gasteiger partial charge in [-0.25, -0.2) is 9.59 Å². The van der Waals surface area contributed by atoms with Crippen LogP contribution < -0.4 is 11.1 Å². The quantitative estimate of drug-likeness (QED) is 0.166. The number of nitrogens with one attached hydrogen (secondary N) is 1. The van der Waals surface area contributed by atoms with E-state index >= 15 is 0 Å². The molecule has 0 bridgehead atoms. The van der Waals surface area contributed by atoms with Gasteiger partial charge in [0.2, 0.25) is 0 Å². The summed E-state index contributed by atoms with van der Waals surface area (Å²) in [4.78, 5) is 36.2. The molecule has 15 heteroatoms. The number of benzene rings is 2. The number of hydrogen-bond donors (Lipinski definition) is 2. The van der Waals surface area contributed by atoms with E-state index in [1.54, 1.807) is 0 Å². The molecule has 360 valence electrons. The van der Waals surface area contributed by atoms with Gasteiger partial charge in [0, 0.05) is 64.2 Å². The Kier molecular flexibility index (Phi) is 20.2. The molecule has 2 aliphatic carbocycles. The lowest BCUT2D eigenvalue weighted by Gasteiger charge is -2.44. The number of alkyl halides is 3. The van der Waals surface area contributed by atoms with Crippen LogP contribution in [0.1, 0.15) is 139 Å². The lowest BCUT2D eigenvalue weighted by Crippen LogP contribution is -2.66. The van der Waals surface area contributed by atoms with E-state index in [4.69, 9.17) is 19.9 Å². The molecule has 0 unspecified atom stereocenters. The molecular weight excluding hydrogens is 849 g/mol. The number of nitrogens with two attached hydrogens (primary N) is 1. The molecule has 0 radical (unpaired) electrons. The van der Waals surface area contributed by atoms with Gasteiger partial charge >= 0.3 is 18.1 Å². The molecule has 2 saturated carbocycles. The molecule has 2 aliphatic heterocycles. The molecule has 0 spiro atoms. The summed E-state index contributed by atoms with van der Waals surface area (Å²) in [7, 11) is 2.88. The Morgan fingerprint density at radius 1 is 0.734 bits per heavy atom. The summed E-state index contributed by atoms with van der Waals surface area (Å²) in [5, 5.41) is 5.74. The van der Waals surface area contributed by atoms with Crippen molar-refractivity contribution in [3.8, 4) is 0 Å². The summed E-state index contributed by atoms with van der Waals surface area (Å²) in [6.45, 7) is 11.6. The van der Waals surface area contributed by atoms with Crippen molar-refractivity contribution in [2.75, 3.05) is 40.6 Å². The number of aromatic nitrogens is 2. The van der Waals surface area contributed by atoms with Crippen LogP contribution in [0.4, 0.5) is 13.2 Å². The number of para-hydroxylation sites is 2. The Hall–Kier alpha value is -3.95. The van der Waals surface area contributed by atoms with Gasteiger partial charge in [0.15, 0.2) is 5.54 Å². The van der Waals surface area contributed by atoms with Gasteiger partial charge in [0.1, 0.15) is 5.78 Å². The third kappa shape index (κ3) is 11.5. The van der Waals surface area contributed by atoms with Crippen molar-refractivity contribution in [3.63, 3.8) is 0 Å². The minimum atomic E-state index is -4.31. The van der Waals surface area contributed by atoms with E-state index in [0.29, 0.717) is 53.7 Å². The molecular formula is C49H74ClF3N4O7. The molecule has 4 fully saturated rings. The molecule has 2 aromatic carbocycles. The monoisotopic (exact) mass is 923 g/mol. The first-order valence-electron chi connectivity index (χ1n) is 21.1. The number of rotatable bonds is 8. The van der Waals surface area contributed by atoms with Crippen molar-refractivity contribution in [1.29, 1.82) is 0 Å². The van der Waals surface area contributed by atoms with E-state index in [2.05, 4.69) is 52.1 Å². The van der Waals surface area contributed by atoms with Crippen molar-refractivity contribution in [2.45, 2.75) is 144 Å². The van der Waals surface area contributed by atoms with Gasteiger partial charge < -0.3 is 39.1 Å². The molecule has 64 heavy (non-hydrogen) atoms. The van der Waals surface area contributed by atoms with Crippen LogP contribution in [-0.2, 0) is 23.7 Å².